The average molecular weight is 522 g/mol. The molecule has 0 N–H and O–H groups in total. The summed E-state index contributed by atoms with van der Waals surface area (Å²) in [5, 5.41) is 4.26. The molecule has 6 aromatic rings. The van der Waals surface area contributed by atoms with Gasteiger partial charge in [-0.3, -0.25) is 9.59 Å². The summed E-state index contributed by atoms with van der Waals surface area (Å²) in [6, 6.07) is 30.6. The first-order valence-electron chi connectivity index (χ1n) is 14.1. The third-order valence-corrected chi connectivity index (χ3v) is 8.71. The maximum atomic E-state index is 13.5. The van der Waals surface area contributed by atoms with Gasteiger partial charge in [-0.05, 0) is 52.6 Å². The van der Waals surface area contributed by atoms with Crippen molar-refractivity contribution in [3.05, 3.63) is 113 Å². The Hall–Kier alpha value is -4.70. The average Bonchev–Trinajstić information content (AvgIpc) is 3.62. The van der Waals surface area contributed by atoms with Gasteiger partial charge in [0, 0.05) is 40.6 Å². The Labute approximate surface area is 231 Å². The van der Waals surface area contributed by atoms with Crippen molar-refractivity contribution in [1.29, 1.82) is 0 Å². The molecule has 2 aliphatic carbocycles. The summed E-state index contributed by atoms with van der Waals surface area (Å²) in [6.45, 7) is 0. The molecule has 4 aromatic carbocycles. The smallest absolute Gasteiger partial charge is 0.197 e. The summed E-state index contributed by atoms with van der Waals surface area (Å²) in [4.78, 5) is 27.1. The van der Waals surface area contributed by atoms with Gasteiger partial charge in [0.1, 0.15) is 5.76 Å². The van der Waals surface area contributed by atoms with E-state index in [1.165, 1.54) is 24.6 Å². The number of rotatable bonds is 3. The molecule has 8 rings (SSSR count). The molecule has 1 fully saturated rings. The number of hydrogen-bond acceptors (Lipinski definition) is 3. The largest absolute Gasteiger partial charge is 0.454 e. The summed E-state index contributed by atoms with van der Waals surface area (Å²) in [5.41, 5.74) is 4.94. The Morgan fingerprint density at radius 2 is 1.32 bits per heavy atom. The van der Waals surface area contributed by atoms with Crippen LogP contribution in [-0.4, -0.2) is 16.1 Å². The molecule has 4 nitrogen and oxygen atoms in total. The lowest BCUT2D eigenvalue weighted by atomic mass is 9.95. The first kappa shape index (κ1) is 23.2. The lowest BCUT2D eigenvalue weighted by Crippen LogP contribution is -2.14. The molecule has 194 valence electrons. The fourth-order valence-corrected chi connectivity index (χ4v) is 6.75. The Morgan fingerprint density at radius 1 is 0.675 bits per heavy atom. The zero-order valence-corrected chi connectivity index (χ0v) is 22.0. The number of aromatic nitrogens is 1. The summed E-state index contributed by atoms with van der Waals surface area (Å²) in [6.07, 6.45) is 7.53. The molecule has 0 aliphatic heterocycles. The third kappa shape index (κ3) is 3.52. The Balaban J connectivity index is 1.28. The van der Waals surface area contributed by atoms with E-state index in [0.717, 1.165) is 57.1 Å². The Bertz CT molecular complexity index is 1970. The summed E-state index contributed by atoms with van der Waals surface area (Å²) in [7, 11) is 0. The van der Waals surface area contributed by atoms with Gasteiger partial charge >= 0.3 is 0 Å². The van der Waals surface area contributed by atoms with Crippen molar-refractivity contribution in [2.24, 2.45) is 0 Å². The molecule has 2 heterocycles. The molecule has 0 bridgehead atoms. The van der Waals surface area contributed by atoms with Gasteiger partial charge in [0.05, 0.1) is 11.1 Å². The number of hydrogen-bond donors (Lipinski definition) is 0. The van der Waals surface area contributed by atoms with E-state index in [2.05, 4.69) is 47.0 Å². The second-order valence-electron chi connectivity index (χ2n) is 11.1. The number of ketones is 2. The normalized spacial score (nSPS) is 15.9. The van der Waals surface area contributed by atoms with E-state index >= 15 is 0 Å². The predicted molar refractivity (Wildman–Crippen MR) is 160 cm³/mol. The number of nitrogens with zero attached hydrogens (tertiary/aromatic N) is 1. The van der Waals surface area contributed by atoms with E-state index in [9.17, 15) is 9.59 Å². The van der Waals surface area contributed by atoms with Crippen molar-refractivity contribution in [2.45, 2.75) is 38.1 Å². The highest BCUT2D eigenvalue weighted by molar-refractivity contribution is 6.42. The number of carbonyl (C=O) groups is 2. The van der Waals surface area contributed by atoms with Crippen LogP contribution in [0.15, 0.2) is 101 Å². The minimum atomic E-state index is -0.199. The van der Waals surface area contributed by atoms with Crippen LogP contribution in [-0.2, 0) is 0 Å². The Kier molecular flexibility index (Phi) is 5.18. The first-order valence-corrected chi connectivity index (χ1v) is 14.1. The van der Waals surface area contributed by atoms with Crippen LogP contribution in [0.1, 0.15) is 64.6 Å². The summed E-state index contributed by atoms with van der Waals surface area (Å²) in [5.74, 6) is 0.433. The molecule has 0 saturated heterocycles. The lowest BCUT2D eigenvalue weighted by molar-refractivity contribution is 0.0990. The van der Waals surface area contributed by atoms with E-state index in [4.69, 9.17) is 4.42 Å². The molecular weight excluding hydrogens is 494 g/mol. The maximum absolute atomic E-state index is 13.5. The van der Waals surface area contributed by atoms with Crippen LogP contribution in [0.2, 0.25) is 0 Å². The van der Waals surface area contributed by atoms with Gasteiger partial charge in [-0.25, -0.2) is 0 Å². The van der Waals surface area contributed by atoms with Crippen LogP contribution in [0.3, 0.4) is 0 Å². The number of carbonyl (C=O) groups excluding carboxylic acids is 2. The van der Waals surface area contributed by atoms with Crippen LogP contribution >= 0.6 is 0 Å². The van der Waals surface area contributed by atoms with Gasteiger partial charge in [-0.1, -0.05) is 86.0 Å². The van der Waals surface area contributed by atoms with Gasteiger partial charge in [-0.15, -0.1) is 0 Å². The van der Waals surface area contributed by atoms with Crippen molar-refractivity contribution in [3.8, 4) is 11.3 Å². The third-order valence-electron chi connectivity index (χ3n) is 8.71. The highest BCUT2D eigenvalue weighted by Crippen LogP contribution is 2.40. The molecule has 1 saturated carbocycles. The second-order valence-corrected chi connectivity index (χ2v) is 11.1. The van der Waals surface area contributed by atoms with Crippen molar-refractivity contribution in [1.82, 2.24) is 4.57 Å². The summed E-state index contributed by atoms with van der Waals surface area (Å²) >= 11 is 0. The minimum absolute atomic E-state index is 0.199. The van der Waals surface area contributed by atoms with Crippen molar-refractivity contribution >= 4 is 50.3 Å². The van der Waals surface area contributed by atoms with Gasteiger partial charge in [0.25, 0.3) is 0 Å². The molecule has 4 heteroatoms. The first-order chi connectivity index (χ1) is 19.7. The van der Waals surface area contributed by atoms with Gasteiger partial charge in [0.15, 0.2) is 17.1 Å². The van der Waals surface area contributed by atoms with Gasteiger partial charge in [-0.2, -0.15) is 0 Å². The van der Waals surface area contributed by atoms with Crippen LogP contribution in [0.25, 0.3) is 50.0 Å². The molecular formula is C36H27NO3. The molecule has 0 unspecified atom stereocenters. The molecule has 2 aromatic heterocycles. The topological polar surface area (TPSA) is 52.2 Å². The zero-order chi connectivity index (χ0) is 26.8. The fourth-order valence-electron chi connectivity index (χ4n) is 6.75. The summed E-state index contributed by atoms with van der Waals surface area (Å²) < 4.78 is 8.81. The predicted octanol–water partition coefficient (Wildman–Crippen LogP) is 9.18. The van der Waals surface area contributed by atoms with Crippen LogP contribution in [0.5, 0.6) is 0 Å². The lowest BCUT2D eigenvalue weighted by Gasteiger charge is -2.25. The van der Waals surface area contributed by atoms with Crippen molar-refractivity contribution < 1.29 is 14.0 Å². The number of allylic oxidation sites excluding steroid dienone is 1. The molecule has 0 spiro atoms. The van der Waals surface area contributed by atoms with E-state index in [1.54, 1.807) is 6.08 Å². The highest BCUT2D eigenvalue weighted by atomic mass is 16.3. The molecule has 0 amide bonds. The SMILES string of the molecule is O=C1C(=Cc2cc3oc(-c4cccc5ccccc45)cc3n2C2CCCCC2)C(=O)c2cc3ccccc3cc21. The van der Waals surface area contributed by atoms with E-state index in [-0.39, 0.29) is 17.1 Å². The van der Waals surface area contributed by atoms with Crippen molar-refractivity contribution in [2.75, 3.05) is 0 Å². The molecule has 0 atom stereocenters. The standard InChI is InChI=1S/C36H27NO3/c38-35-29-17-23-10-4-5-11-24(23)18-30(29)36(39)31(35)19-26-20-34-32(37(26)25-13-2-1-3-14-25)21-33(40-34)28-16-8-12-22-9-6-7-15-27(22)28/h4-12,15-21,25H,1-3,13-14H2. The van der Waals surface area contributed by atoms with Gasteiger partial charge in [0.2, 0.25) is 0 Å². The van der Waals surface area contributed by atoms with Crippen LogP contribution < -0.4 is 0 Å². The minimum Gasteiger partial charge on any atom is -0.454 e. The molecule has 40 heavy (non-hydrogen) atoms. The zero-order valence-electron chi connectivity index (χ0n) is 22.0. The monoisotopic (exact) mass is 521 g/mol. The second kappa shape index (κ2) is 8.92. The van der Waals surface area contributed by atoms with Gasteiger partial charge < -0.3 is 8.98 Å². The number of benzene rings is 4. The molecule has 2 aliphatic rings. The number of Topliss-reactive ketones (excluding diaryl/α,β-unsaturated/α-hetero) is 2. The van der Waals surface area contributed by atoms with Crippen LogP contribution in [0, 0.1) is 0 Å². The van der Waals surface area contributed by atoms with E-state index in [0.29, 0.717) is 17.2 Å². The van der Waals surface area contributed by atoms with Crippen molar-refractivity contribution in [3.63, 3.8) is 0 Å². The fraction of sp³-hybridized carbons (Fsp3) is 0.167. The van der Waals surface area contributed by atoms with E-state index in [1.807, 2.05) is 48.5 Å². The number of furan rings is 1. The number of fused-ring (bicyclic) bond motifs is 4. The van der Waals surface area contributed by atoms with Crippen LogP contribution in [0.4, 0.5) is 0 Å². The Morgan fingerprint density at radius 3 is 2.05 bits per heavy atom. The van der Waals surface area contributed by atoms with E-state index < -0.39 is 0 Å². The quantitative estimate of drug-likeness (QED) is 0.172. The maximum Gasteiger partial charge on any atom is 0.197 e. The molecule has 0 radical (unpaired) electrons. The highest BCUT2D eigenvalue weighted by Gasteiger charge is 2.34.